The van der Waals surface area contributed by atoms with Crippen molar-refractivity contribution >= 4 is 0 Å². The van der Waals surface area contributed by atoms with Crippen LogP contribution in [0, 0.1) is 11.3 Å². The minimum Gasteiger partial charge on any atom is -0.497 e. The number of rotatable bonds is 3. The van der Waals surface area contributed by atoms with Crippen molar-refractivity contribution < 1.29 is 18.3 Å². The van der Waals surface area contributed by atoms with Crippen LogP contribution in [0.15, 0.2) is 18.2 Å². The molecule has 3 nitrogen and oxygen atoms in total. The molecule has 80 valence electrons. The first kappa shape index (κ1) is 11.2. The summed E-state index contributed by atoms with van der Waals surface area (Å²) in [5.74, 6) is -3.37. The predicted molar refractivity (Wildman–Crippen MR) is 49.1 cm³/mol. The van der Waals surface area contributed by atoms with E-state index in [-0.39, 0.29) is 11.5 Å². The Morgan fingerprint density at radius 3 is 2.40 bits per heavy atom. The molecule has 0 saturated carbocycles. The quantitative estimate of drug-likeness (QED) is 0.773. The molecule has 0 spiro atoms. The summed E-state index contributed by atoms with van der Waals surface area (Å²) in [5.41, 5.74) is -0.494. The maximum atomic E-state index is 13.2. The maximum absolute atomic E-state index is 13.2. The van der Waals surface area contributed by atoms with Crippen LogP contribution in [-0.4, -0.2) is 14.2 Å². The molecular weight excluding hydrogens is 204 g/mol. The Bertz CT molecular complexity index is 399. The highest BCUT2D eigenvalue weighted by Crippen LogP contribution is 2.36. The number of nitriles is 1. The molecule has 5 heteroatoms. The molecule has 1 rings (SSSR count). The summed E-state index contributed by atoms with van der Waals surface area (Å²) in [6.07, 6.45) is 0. The van der Waals surface area contributed by atoms with Crippen LogP contribution >= 0.6 is 0 Å². The topological polar surface area (TPSA) is 42.2 Å². The fourth-order valence-electron chi connectivity index (χ4n) is 1.12. The third-order valence-electron chi connectivity index (χ3n) is 1.89. The van der Waals surface area contributed by atoms with Gasteiger partial charge in [-0.2, -0.15) is 14.0 Å². The van der Waals surface area contributed by atoms with E-state index >= 15 is 0 Å². The maximum Gasteiger partial charge on any atom is 0.361 e. The van der Waals surface area contributed by atoms with E-state index in [0.29, 0.717) is 0 Å². The van der Waals surface area contributed by atoms with E-state index in [1.807, 2.05) is 0 Å². The first-order valence-corrected chi connectivity index (χ1v) is 4.06. The second kappa shape index (κ2) is 4.13. The number of alkyl halides is 2. The third kappa shape index (κ3) is 2.15. The van der Waals surface area contributed by atoms with Gasteiger partial charge in [0.15, 0.2) is 0 Å². The van der Waals surface area contributed by atoms with E-state index in [1.54, 1.807) is 0 Å². The minimum atomic E-state index is -3.58. The summed E-state index contributed by atoms with van der Waals surface area (Å²) in [7, 11) is 2.62. The zero-order valence-electron chi connectivity index (χ0n) is 8.25. The number of halogens is 2. The van der Waals surface area contributed by atoms with Crippen molar-refractivity contribution in [3.63, 3.8) is 0 Å². The summed E-state index contributed by atoms with van der Waals surface area (Å²) in [5, 5.41) is 8.33. The summed E-state index contributed by atoms with van der Waals surface area (Å²) in [6, 6.07) is 4.81. The minimum absolute atomic E-state index is 0.0395. The molecule has 0 atom stereocenters. The van der Waals surface area contributed by atoms with Crippen LogP contribution in [0.4, 0.5) is 8.78 Å². The Morgan fingerprint density at radius 2 is 1.93 bits per heavy atom. The molecule has 0 unspecified atom stereocenters. The Morgan fingerprint density at radius 1 is 1.27 bits per heavy atom. The average molecular weight is 213 g/mol. The Labute approximate surface area is 85.8 Å². The lowest BCUT2D eigenvalue weighted by molar-refractivity contribution is 0.0581. The number of nitrogens with zero attached hydrogens (tertiary/aromatic N) is 1. The first-order valence-electron chi connectivity index (χ1n) is 4.06. The molecule has 0 aliphatic heterocycles. The lowest BCUT2D eigenvalue weighted by Crippen LogP contribution is -2.11. The second-order valence-corrected chi connectivity index (χ2v) is 2.75. The number of hydrogen-bond donors (Lipinski definition) is 0. The number of methoxy groups -OCH3 is 2. The zero-order chi connectivity index (χ0) is 11.5. The highest BCUT2D eigenvalue weighted by molar-refractivity contribution is 5.44. The van der Waals surface area contributed by atoms with E-state index in [1.165, 1.54) is 26.4 Å². The van der Waals surface area contributed by atoms with E-state index in [9.17, 15) is 8.78 Å². The monoisotopic (exact) mass is 213 g/mol. The Hall–Kier alpha value is -1.83. The molecule has 0 saturated heterocycles. The second-order valence-electron chi connectivity index (χ2n) is 2.75. The van der Waals surface area contributed by atoms with Gasteiger partial charge in [-0.3, -0.25) is 0 Å². The third-order valence-corrected chi connectivity index (χ3v) is 1.89. The average Bonchev–Trinajstić information content (AvgIpc) is 2.28. The molecule has 0 radical (unpaired) electrons. The van der Waals surface area contributed by atoms with Gasteiger partial charge in [-0.05, 0) is 18.2 Å². The van der Waals surface area contributed by atoms with Gasteiger partial charge < -0.3 is 9.47 Å². The highest BCUT2D eigenvalue weighted by Gasteiger charge is 2.35. The van der Waals surface area contributed by atoms with Gasteiger partial charge >= 0.3 is 5.92 Å². The van der Waals surface area contributed by atoms with E-state index < -0.39 is 11.5 Å². The number of benzene rings is 1. The van der Waals surface area contributed by atoms with Crippen LogP contribution < -0.4 is 9.47 Å². The number of hydrogen-bond acceptors (Lipinski definition) is 3. The smallest absolute Gasteiger partial charge is 0.361 e. The van der Waals surface area contributed by atoms with Crippen LogP contribution in [0.3, 0.4) is 0 Å². The summed E-state index contributed by atoms with van der Waals surface area (Å²) in [4.78, 5) is 0. The molecule has 0 amide bonds. The molecule has 0 bridgehead atoms. The fraction of sp³-hybridized carbons (Fsp3) is 0.300. The van der Waals surface area contributed by atoms with Crippen molar-refractivity contribution in [1.82, 2.24) is 0 Å². The van der Waals surface area contributed by atoms with E-state index in [0.717, 1.165) is 12.1 Å². The largest absolute Gasteiger partial charge is 0.497 e. The predicted octanol–water partition coefficient (Wildman–Crippen LogP) is 2.32. The molecule has 0 aliphatic rings. The summed E-state index contributed by atoms with van der Waals surface area (Å²) in [6.45, 7) is 0. The zero-order valence-corrected chi connectivity index (χ0v) is 8.25. The summed E-state index contributed by atoms with van der Waals surface area (Å²) < 4.78 is 35.8. The van der Waals surface area contributed by atoms with Crippen molar-refractivity contribution in [2.75, 3.05) is 14.2 Å². The lowest BCUT2D eigenvalue weighted by Gasteiger charge is -2.13. The molecular formula is C10H9F2NO2. The van der Waals surface area contributed by atoms with Crippen molar-refractivity contribution in [3.8, 4) is 17.6 Å². The molecule has 0 N–H and O–H groups in total. The molecule has 15 heavy (non-hydrogen) atoms. The Balaban J connectivity index is 3.31. The van der Waals surface area contributed by atoms with Crippen molar-refractivity contribution in [2.24, 2.45) is 0 Å². The standard InChI is InChI=1S/C10H9F2NO2/c1-14-7-3-4-9(15-2)8(5-7)10(11,12)6-13/h3-5H,1-2H3. The fourth-order valence-corrected chi connectivity index (χ4v) is 1.12. The van der Waals surface area contributed by atoms with Gasteiger partial charge in [0.1, 0.15) is 17.6 Å². The highest BCUT2D eigenvalue weighted by atomic mass is 19.3. The summed E-state index contributed by atoms with van der Waals surface area (Å²) >= 11 is 0. The number of ether oxygens (including phenoxy) is 2. The molecule has 0 fully saturated rings. The molecule has 1 aromatic rings. The van der Waals surface area contributed by atoms with Gasteiger partial charge in [0, 0.05) is 0 Å². The van der Waals surface area contributed by atoms with Crippen molar-refractivity contribution in [3.05, 3.63) is 23.8 Å². The molecule has 0 aromatic heterocycles. The van der Waals surface area contributed by atoms with Crippen LogP contribution in [0.5, 0.6) is 11.5 Å². The van der Waals surface area contributed by atoms with Gasteiger partial charge in [0.2, 0.25) is 0 Å². The Kier molecular flexibility index (Phi) is 3.10. The normalized spacial score (nSPS) is 10.6. The van der Waals surface area contributed by atoms with Crippen LogP contribution in [0.25, 0.3) is 0 Å². The van der Waals surface area contributed by atoms with Gasteiger partial charge in [-0.15, -0.1) is 0 Å². The van der Waals surface area contributed by atoms with E-state index in [2.05, 4.69) is 0 Å². The van der Waals surface area contributed by atoms with E-state index in [4.69, 9.17) is 14.7 Å². The van der Waals surface area contributed by atoms with Crippen molar-refractivity contribution in [2.45, 2.75) is 5.92 Å². The van der Waals surface area contributed by atoms with Crippen LogP contribution in [0.2, 0.25) is 0 Å². The first-order chi connectivity index (χ1) is 7.05. The van der Waals surface area contributed by atoms with Gasteiger partial charge in [0.05, 0.1) is 19.8 Å². The van der Waals surface area contributed by atoms with Crippen molar-refractivity contribution in [1.29, 1.82) is 5.26 Å². The molecule has 0 heterocycles. The lowest BCUT2D eigenvalue weighted by atomic mass is 10.1. The van der Waals surface area contributed by atoms with Gasteiger partial charge in [-0.1, -0.05) is 0 Å². The van der Waals surface area contributed by atoms with Gasteiger partial charge in [-0.25, -0.2) is 0 Å². The van der Waals surface area contributed by atoms with Crippen LogP contribution in [-0.2, 0) is 5.92 Å². The van der Waals surface area contributed by atoms with Crippen LogP contribution in [0.1, 0.15) is 5.56 Å². The molecule has 1 aromatic carbocycles. The molecule has 0 aliphatic carbocycles. The SMILES string of the molecule is COc1ccc(OC)c(C(F)(F)C#N)c1. The van der Waals surface area contributed by atoms with Gasteiger partial charge in [0.25, 0.3) is 0 Å².